The van der Waals surface area contributed by atoms with Crippen LogP contribution in [0.3, 0.4) is 0 Å². The first kappa shape index (κ1) is 18.4. The van der Waals surface area contributed by atoms with Crippen molar-refractivity contribution in [3.63, 3.8) is 0 Å². The van der Waals surface area contributed by atoms with Crippen LogP contribution in [-0.2, 0) is 9.63 Å². The molecule has 0 aliphatic heterocycles. The lowest BCUT2D eigenvalue weighted by Gasteiger charge is -2.24. The lowest BCUT2D eigenvalue weighted by atomic mass is 9.81. The second-order valence-electron chi connectivity index (χ2n) is 5.56. The normalized spacial score (nSPS) is 18.9. The maximum Gasteiger partial charge on any atom is 0.187 e. The van der Waals surface area contributed by atoms with Gasteiger partial charge in [0.15, 0.2) is 10.9 Å². The van der Waals surface area contributed by atoms with Crippen LogP contribution in [0.25, 0.3) is 0 Å². The first-order valence-electron chi connectivity index (χ1n) is 8.11. The zero-order valence-electron chi connectivity index (χ0n) is 14.3. The summed E-state index contributed by atoms with van der Waals surface area (Å²) in [5.74, 6) is -0.131. The van der Waals surface area contributed by atoms with Crippen LogP contribution in [0, 0.1) is 0 Å². The number of rotatable bonds is 7. The zero-order chi connectivity index (χ0) is 17.5. The average Bonchev–Trinajstić information content (AvgIpc) is 2.59. The molecular weight excluding hydrogens is 326 g/mol. The molecule has 2 rings (SSSR count). The van der Waals surface area contributed by atoms with Crippen molar-refractivity contribution in [2.24, 2.45) is 5.16 Å². The molecule has 0 saturated carbocycles. The highest BCUT2D eigenvalue weighted by Gasteiger charge is 2.31. The summed E-state index contributed by atoms with van der Waals surface area (Å²) in [6.45, 7) is 4.26. The Labute approximate surface area is 146 Å². The molecular formula is C17H23N3O3S. The summed E-state index contributed by atoms with van der Waals surface area (Å²) in [7, 11) is 0. The molecule has 0 saturated heterocycles. The Morgan fingerprint density at radius 2 is 2.08 bits per heavy atom. The fourth-order valence-electron chi connectivity index (χ4n) is 2.70. The van der Waals surface area contributed by atoms with Gasteiger partial charge in [0.05, 0.1) is 11.3 Å². The van der Waals surface area contributed by atoms with Crippen molar-refractivity contribution in [3.8, 4) is 0 Å². The van der Waals surface area contributed by atoms with E-state index in [2.05, 4.69) is 15.1 Å². The van der Waals surface area contributed by atoms with Crippen molar-refractivity contribution in [2.45, 2.75) is 50.6 Å². The molecule has 1 aliphatic rings. The first-order chi connectivity index (χ1) is 11.6. The second-order valence-corrected chi connectivity index (χ2v) is 6.33. The Kier molecular flexibility index (Phi) is 6.78. The Morgan fingerprint density at radius 1 is 1.38 bits per heavy atom. The summed E-state index contributed by atoms with van der Waals surface area (Å²) in [4.78, 5) is 26.2. The van der Waals surface area contributed by atoms with E-state index >= 15 is 0 Å². The van der Waals surface area contributed by atoms with Gasteiger partial charge in [-0.1, -0.05) is 30.3 Å². The molecule has 1 heterocycles. The third-order valence-electron chi connectivity index (χ3n) is 3.82. The summed E-state index contributed by atoms with van der Waals surface area (Å²) in [5.41, 5.74) is 1.73. The molecule has 1 aromatic rings. The topological polar surface area (TPSA) is 84.7 Å². The number of hydrogen-bond donors (Lipinski definition) is 1. The highest BCUT2D eigenvalue weighted by Crippen LogP contribution is 2.34. The molecule has 6 nitrogen and oxygen atoms in total. The predicted molar refractivity (Wildman–Crippen MR) is 94.4 cm³/mol. The number of thioether (sulfide) groups is 1. The van der Waals surface area contributed by atoms with Crippen molar-refractivity contribution in [3.05, 3.63) is 29.3 Å². The minimum Gasteiger partial charge on any atom is -0.511 e. The number of allylic oxidation sites excluding steroid dienone is 2. The van der Waals surface area contributed by atoms with Gasteiger partial charge in [-0.2, -0.15) is 0 Å². The fourth-order valence-corrected chi connectivity index (χ4v) is 3.01. The Morgan fingerprint density at radius 3 is 2.62 bits per heavy atom. The molecule has 1 aliphatic carbocycles. The monoisotopic (exact) mass is 349 g/mol. The number of aromatic nitrogens is 2. The highest BCUT2D eigenvalue weighted by molar-refractivity contribution is 7.98. The number of Topliss-reactive ketones (excluding diaryl/α,β-unsaturated/α-hetero) is 1. The van der Waals surface area contributed by atoms with Gasteiger partial charge in [-0.15, -0.1) is 0 Å². The maximum atomic E-state index is 12.6. The van der Waals surface area contributed by atoms with Crippen molar-refractivity contribution < 1.29 is 14.7 Å². The van der Waals surface area contributed by atoms with Gasteiger partial charge < -0.3 is 9.94 Å². The molecule has 7 heteroatoms. The van der Waals surface area contributed by atoms with Gasteiger partial charge in [0, 0.05) is 31.2 Å². The number of carbonyl (C=O) groups excluding carboxylic acids is 1. The summed E-state index contributed by atoms with van der Waals surface area (Å²) in [6.07, 6.45) is 7.50. The van der Waals surface area contributed by atoms with Crippen LogP contribution in [0.15, 0.2) is 34.0 Å². The summed E-state index contributed by atoms with van der Waals surface area (Å²) >= 11 is 1.47. The molecule has 0 radical (unpaired) electrons. The number of ketones is 1. The smallest absolute Gasteiger partial charge is 0.187 e. The van der Waals surface area contributed by atoms with Crippen LogP contribution in [0.5, 0.6) is 0 Å². The van der Waals surface area contributed by atoms with E-state index in [1.54, 1.807) is 12.4 Å². The van der Waals surface area contributed by atoms with Crippen molar-refractivity contribution >= 4 is 23.3 Å². The third kappa shape index (κ3) is 4.35. The standard InChI is InChI=1S/C17H23N3O3S/c1-4-6-13(20-23-5-2)16-14(21)7-11(8-15(16)22)12-9-18-17(24-3)19-10-12/h9-11,21H,4-8H2,1-3H3. The van der Waals surface area contributed by atoms with E-state index in [-0.39, 0.29) is 17.5 Å². The van der Waals surface area contributed by atoms with Gasteiger partial charge in [0.2, 0.25) is 0 Å². The summed E-state index contributed by atoms with van der Waals surface area (Å²) in [6, 6.07) is 0. The highest BCUT2D eigenvalue weighted by atomic mass is 32.2. The van der Waals surface area contributed by atoms with Crippen LogP contribution in [-0.4, -0.2) is 39.4 Å². The quantitative estimate of drug-likeness (QED) is 0.350. The molecule has 0 bridgehead atoms. The van der Waals surface area contributed by atoms with E-state index in [1.165, 1.54) is 11.8 Å². The van der Waals surface area contributed by atoms with E-state index < -0.39 is 0 Å². The fraction of sp³-hybridized carbons (Fsp3) is 0.529. The molecule has 1 unspecified atom stereocenters. The Hall–Kier alpha value is -1.89. The molecule has 1 aromatic heterocycles. The summed E-state index contributed by atoms with van der Waals surface area (Å²) < 4.78 is 0. The number of hydrogen-bond acceptors (Lipinski definition) is 7. The van der Waals surface area contributed by atoms with Gasteiger partial charge >= 0.3 is 0 Å². The van der Waals surface area contributed by atoms with Crippen molar-refractivity contribution in [1.82, 2.24) is 9.97 Å². The lowest BCUT2D eigenvalue weighted by Crippen LogP contribution is -2.24. The van der Waals surface area contributed by atoms with Crippen molar-refractivity contribution in [2.75, 3.05) is 12.9 Å². The van der Waals surface area contributed by atoms with Gasteiger partial charge in [-0.3, -0.25) is 4.79 Å². The molecule has 130 valence electrons. The van der Waals surface area contributed by atoms with E-state index in [4.69, 9.17) is 4.84 Å². The minimum atomic E-state index is -0.107. The number of aliphatic hydroxyl groups is 1. The summed E-state index contributed by atoms with van der Waals surface area (Å²) in [5, 5.41) is 15.2. The molecule has 0 spiro atoms. The van der Waals surface area contributed by atoms with Crippen LogP contribution in [0.2, 0.25) is 0 Å². The number of carbonyl (C=O) groups is 1. The second kappa shape index (κ2) is 8.82. The minimum absolute atomic E-state index is 0.0806. The Bertz CT molecular complexity index is 641. The van der Waals surface area contributed by atoms with Crippen LogP contribution < -0.4 is 0 Å². The van der Waals surface area contributed by atoms with Gasteiger partial charge in [0.1, 0.15) is 12.4 Å². The first-order valence-corrected chi connectivity index (χ1v) is 9.33. The van der Waals surface area contributed by atoms with Crippen LogP contribution >= 0.6 is 11.8 Å². The molecule has 1 N–H and O–H groups in total. The lowest BCUT2D eigenvalue weighted by molar-refractivity contribution is -0.116. The molecule has 24 heavy (non-hydrogen) atoms. The van der Waals surface area contributed by atoms with Gasteiger partial charge in [-0.25, -0.2) is 9.97 Å². The van der Waals surface area contributed by atoms with Crippen LogP contribution in [0.4, 0.5) is 0 Å². The number of oxime groups is 1. The number of aliphatic hydroxyl groups excluding tert-OH is 1. The van der Waals surface area contributed by atoms with Crippen LogP contribution in [0.1, 0.15) is 51.0 Å². The van der Waals surface area contributed by atoms with E-state index in [1.807, 2.05) is 20.1 Å². The molecule has 0 amide bonds. The average molecular weight is 349 g/mol. The SMILES string of the molecule is CCCC(=NOCC)C1=C(O)CC(c2cnc(SC)nc2)CC1=O. The van der Waals surface area contributed by atoms with E-state index in [9.17, 15) is 9.90 Å². The van der Waals surface area contributed by atoms with E-state index in [0.29, 0.717) is 42.3 Å². The molecule has 0 aromatic carbocycles. The van der Waals surface area contributed by atoms with Gasteiger partial charge in [-0.05, 0) is 25.2 Å². The zero-order valence-corrected chi connectivity index (χ0v) is 15.1. The third-order valence-corrected chi connectivity index (χ3v) is 4.40. The predicted octanol–water partition coefficient (Wildman–Crippen LogP) is 3.65. The maximum absolute atomic E-state index is 12.6. The van der Waals surface area contributed by atoms with Gasteiger partial charge in [0.25, 0.3) is 0 Å². The number of nitrogens with zero attached hydrogens (tertiary/aromatic N) is 3. The Balaban J connectivity index is 2.25. The van der Waals surface area contributed by atoms with Crippen molar-refractivity contribution in [1.29, 1.82) is 0 Å². The largest absolute Gasteiger partial charge is 0.511 e. The molecule has 0 fully saturated rings. The molecule has 1 atom stereocenters. The van der Waals surface area contributed by atoms with E-state index in [0.717, 1.165) is 12.0 Å².